The smallest absolute Gasteiger partial charge is 0.264 e. The number of sulfonamides is 1. The Morgan fingerprint density at radius 1 is 0.927 bits per heavy atom. The fraction of sp³-hybridized carbons (Fsp3) is 0.355. The molecule has 1 N–H and O–H groups in total. The van der Waals surface area contributed by atoms with Gasteiger partial charge in [0.1, 0.15) is 18.3 Å². The van der Waals surface area contributed by atoms with Crippen molar-refractivity contribution in [1.29, 1.82) is 0 Å². The summed E-state index contributed by atoms with van der Waals surface area (Å²) in [7, 11) is -2.68. The SMILES string of the molecule is CC[C@H](C(=O)N[C@@H](C)CC)N(CCc1ccccc1)C(=O)CN(c1ccc(Cl)cc1)S(=O)(=O)c1ccc(OC)cc1. The Balaban J connectivity index is 2.00. The van der Waals surface area contributed by atoms with Gasteiger partial charge in [-0.3, -0.25) is 13.9 Å². The standard InChI is InChI=1S/C31H38ClN3O5S/c1-5-23(3)33-31(37)29(6-2)34(21-20-24-10-8-7-9-11-24)30(36)22-35(26-14-12-25(32)13-15-26)41(38,39)28-18-16-27(40-4)17-19-28/h7-19,23,29H,5-6,20-22H2,1-4H3,(H,33,37)/t23-,29+/m0/s1. The first kappa shape index (κ1) is 32.0. The van der Waals surface area contributed by atoms with Crippen molar-refractivity contribution in [2.45, 2.75) is 57.0 Å². The van der Waals surface area contributed by atoms with Crippen molar-refractivity contribution in [3.8, 4) is 5.75 Å². The van der Waals surface area contributed by atoms with Gasteiger partial charge in [-0.15, -0.1) is 0 Å². The minimum atomic E-state index is -4.18. The van der Waals surface area contributed by atoms with Crippen LogP contribution in [0, 0.1) is 0 Å². The molecule has 10 heteroatoms. The van der Waals surface area contributed by atoms with E-state index in [4.69, 9.17) is 16.3 Å². The van der Waals surface area contributed by atoms with Crippen molar-refractivity contribution < 1.29 is 22.7 Å². The highest BCUT2D eigenvalue weighted by atomic mass is 35.5. The molecule has 0 saturated heterocycles. The van der Waals surface area contributed by atoms with Crippen molar-refractivity contribution in [1.82, 2.24) is 10.2 Å². The predicted molar refractivity (Wildman–Crippen MR) is 163 cm³/mol. The fourth-order valence-electron chi connectivity index (χ4n) is 4.35. The van der Waals surface area contributed by atoms with Gasteiger partial charge in [0.25, 0.3) is 10.0 Å². The number of anilines is 1. The number of carbonyl (C=O) groups is 2. The maximum absolute atomic E-state index is 14.0. The van der Waals surface area contributed by atoms with Crippen LogP contribution in [0.4, 0.5) is 5.69 Å². The lowest BCUT2D eigenvalue weighted by atomic mass is 10.1. The number of halogens is 1. The summed E-state index contributed by atoms with van der Waals surface area (Å²) in [6.45, 7) is 5.46. The van der Waals surface area contributed by atoms with E-state index >= 15 is 0 Å². The van der Waals surface area contributed by atoms with Crippen LogP contribution in [0.25, 0.3) is 0 Å². The highest BCUT2D eigenvalue weighted by Gasteiger charge is 2.33. The van der Waals surface area contributed by atoms with Gasteiger partial charge in [-0.25, -0.2) is 8.42 Å². The van der Waals surface area contributed by atoms with E-state index in [2.05, 4.69) is 5.32 Å². The van der Waals surface area contributed by atoms with E-state index in [-0.39, 0.29) is 29.1 Å². The number of nitrogens with zero attached hydrogens (tertiary/aromatic N) is 2. The van der Waals surface area contributed by atoms with E-state index in [1.165, 1.54) is 24.1 Å². The molecule has 0 heterocycles. The summed E-state index contributed by atoms with van der Waals surface area (Å²) in [6, 6.07) is 21.0. The highest BCUT2D eigenvalue weighted by Crippen LogP contribution is 2.27. The number of carbonyl (C=O) groups excluding carboxylic acids is 2. The topological polar surface area (TPSA) is 96.0 Å². The van der Waals surface area contributed by atoms with E-state index in [0.717, 1.165) is 16.3 Å². The molecule has 0 aliphatic rings. The van der Waals surface area contributed by atoms with E-state index in [1.807, 2.05) is 51.1 Å². The Kier molecular flexibility index (Phi) is 11.6. The van der Waals surface area contributed by atoms with Crippen LogP contribution in [0.5, 0.6) is 5.75 Å². The number of nitrogens with one attached hydrogen (secondary N) is 1. The summed E-state index contributed by atoms with van der Waals surface area (Å²) in [4.78, 5) is 28.9. The van der Waals surface area contributed by atoms with Crippen molar-refractivity contribution in [3.63, 3.8) is 0 Å². The van der Waals surface area contributed by atoms with Gasteiger partial charge in [0.05, 0.1) is 17.7 Å². The molecule has 0 aliphatic carbocycles. The third-order valence-corrected chi connectivity index (χ3v) is 8.95. The summed E-state index contributed by atoms with van der Waals surface area (Å²) in [5.74, 6) is -0.248. The molecule has 2 atom stereocenters. The van der Waals surface area contributed by atoms with Gasteiger partial charge in [0.15, 0.2) is 0 Å². The minimum Gasteiger partial charge on any atom is -0.497 e. The van der Waals surface area contributed by atoms with Gasteiger partial charge in [-0.05, 0) is 80.3 Å². The Morgan fingerprint density at radius 3 is 2.12 bits per heavy atom. The molecule has 41 heavy (non-hydrogen) atoms. The molecule has 0 aliphatic heterocycles. The lowest BCUT2D eigenvalue weighted by Crippen LogP contribution is -2.54. The summed E-state index contributed by atoms with van der Waals surface area (Å²) in [5.41, 5.74) is 1.28. The predicted octanol–water partition coefficient (Wildman–Crippen LogP) is 5.31. The van der Waals surface area contributed by atoms with Crippen LogP contribution in [-0.4, -0.2) is 57.4 Å². The molecule has 0 radical (unpaired) electrons. The van der Waals surface area contributed by atoms with E-state index < -0.39 is 28.5 Å². The lowest BCUT2D eigenvalue weighted by Gasteiger charge is -2.33. The largest absolute Gasteiger partial charge is 0.497 e. The molecule has 8 nitrogen and oxygen atoms in total. The molecule has 0 unspecified atom stereocenters. The molecular weight excluding hydrogens is 562 g/mol. The monoisotopic (exact) mass is 599 g/mol. The molecule has 0 fully saturated rings. The first-order valence-electron chi connectivity index (χ1n) is 13.7. The van der Waals surface area contributed by atoms with Crippen LogP contribution in [0.15, 0.2) is 83.8 Å². The van der Waals surface area contributed by atoms with Gasteiger partial charge in [0, 0.05) is 17.6 Å². The molecule has 0 aromatic heterocycles. The number of amides is 2. The number of methoxy groups -OCH3 is 1. The van der Waals surface area contributed by atoms with E-state index in [9.17, 15) is 18.0 Å². The van der Waals surface area contributed by atoms with Gasteiger partial charge < -0.3 is 15.0 Å². The molecular formula is C31H38ClN3O5S. The van der Waals surface area contributed by atoms with Crippen molar-refractivity contribution in [3.05, 3.63) is 89.4 Å². The second-order valence-corrected chi connectivity index (χ2v) is 12.0. The summed E-state index contributed by atoms with van der Waals surface area (Å²) >= 11 is 6.08. The zero-order valence-corrected chi connectivity index (χ0v) is 25.5. The van der Waals surface area contributed by atoms with Crippen LogP contribution >= 0.6 is 11.6 Å². The first-order valence-corrected chi connectivity index (χ1v) is 15.5. The third kappa shape index (κ3) is 8.47. The van der Waals surface area contributed by atoms with Crippen LogP contribution < -0.4 is 14.4 Å². The second kappa shape index (κ2) is 14.9. The molecule has 2 amide bonds. The number of hydrogen-bond donors (Lipinski definition) is 1. The lowest BCUT2D eigenvalue weighted by molar-refractivity contribution is -0.139. The zero-order chi connectivity index (χ0) is 30.0. The van der Waals surface area contributed by atoms with Crippen LogP contribution in [-0.2, 0) is 26.0 Å². The Hall–Kier alpha value is -3.56. The van der Waals surface area contributed by atoms with Gasteiger partial charge >= 0.3 is 0 Å². The Morgan fingerprint density at radius 2 is 1.56 bits per heavy atom. The van der Waals surface area contributed by atoms with Crippen molar-refractivity contribution >= 4 is 39.1 Å². The van der Waals surface area contributed by atoms with Gasteiger partial charge in [-0.2, -0.15) is 0 Å². The van der Waals surface area contributed by atoms with E-state index in [0.29, 0.717) is 23.6 Å². The third-order valence-electron chi connectivity index (χ3n) is 6.91. The van der Waals surface area contributed by atoms with Crippen LogP contribution in [0.1, 0.15) is 39.2 Å². The maximum Gasteiger partial charge on any atom is 0.264 e. The number of rotatable bonds is 14. The van der Waals surface area contributed by atoms with Crippen molar-refractivity contribution in [2.75, 3.05) is 24.5 Å². The highest BCUT2D eigenvalue weighted by molar-refractivity contribution is 7.92. The van der Waals surface area contributed by atoms with Crippen LogP contribution in [0.2, 0.25) is 5.02 Å². The van der Waals surface area contributed by atoms with Crippen molar-refractivity contribution in [2.24, 2.45) is 0 Å². The Labute approximate surface area is 248 Å². The molecule has 220 valence electrons. The normalized spacial score (nSPS) is 12.7. The fourth-order valence-corrected chi connectivity index (χ4v) is 5.89. The second-order valence-electron chi connectivity index (χ2n) is 9.73. The molecule has 0 bridgehead atoms. The Bertz CT molecular complexity index is 1380. The van der Waals surface area contributed by atoms with Crippen LogP contribution in [0.3, 0.4) is 0 Å². The zero-order valence-electron chi connectivity index (χ0n) is 23.9. The molecule has 0 saturated carbocycles. The average Bonchev–Trinajstić information content (AvgIpc) is 2.98. The van der Waals surface area contributed by atoms with Gasteiger partial charge in [0.2, 0.25) is 11.8 Å². The number of ether oxygens (including phenoxy) is 1. The van der Waals surface area contributed by atoms with Gasteiger partial charge in [-0.1, -0.05) is 55.8 Å². The quantitative estimate of drug-likeness (QED) is 0.271. The maximum atomic E-state index is 14.0. The summed E-state index contributed by atoms with van der Waals surface area (Å²) < 4.78 is 34.1. The molecule has 0 spiro atoms. The van der Waals surface area contributed by atoms with E-state index in [1.54, 1.807) is 36.4 Å². The average molecular weight is 600 g/mol. The summed E-state index contributed by atoms with van der Waals surface area (Å²) in [6.07, 6.45) is 1.62. The summed E-state index contributed by atoms with van der Waals surface area (Å²) in [5, 5.41) is 3.41. The minimum absolute atomic E-state index is 0.00144. The first-order chi connectivity index (χ1) is 19.6. The number of benzene rings is 3. The molecule has 3 aromatic carbocycles. The molecule has 3 aromatic rings. The number of hydrogen-bond acceptors (Lipinski definition) is 5. The molecule has 3 rings (SSSR count).